The van der Waals surface area contributed by atoms with Crippen LogP contribution in [0.2, 0.25) is 0 Å². The van der Waals surface area contributed by atoms with E-state index < -0.39 is 0 Å². The summed E-state index contributed by atoms with van der Waals surface area (Å²) < 4.78 is 0.700. The van der Waals surface area contributed by atoms with Crippen LogP contribution >= 0.6 is 11.6 Å². The van der Waals surface area contributed by atoms with Gasteiger partial charge in [-0.2, -0.15) is 0 Å². The average molecular weight is 282 g/mol. The molecule has 0 atom stereocenters. The van der Waals surface area contributed by atoms with Gasteiger partial charge >= 0.3 is 0 Å². The van der Waals surface area contributed by atoms with Gasteiger partial charge in [-0.1, -0.05) is 30.3 Å². The molecule has 1 amide bonds. The highest BCUT2D eigenvalue weighted by Crippen LogP contribution is 2.20. The molecule has 1 aromatic carbocycles. The quantitative estimate of drug-likeness (QED) is 0.630. The molecule has 2 rings (SSSR count). The Bertz CT molecular complexity index is 402. The molecule has 0 aliphatic carbocycles. The highest BCUT2D eigenvalue weighted by atomic mass is 35.5. The topological polar surface area (TPSA) is 29.1 Å². The van der Waals surface area contributed by atoms with Gasteiger partial charge in [0.2, 0.25) is 0 Å². The molecule has 1 heterocycles. The third-order valence-corrected chi connectivity index (χ3v) is 3.92. The number of quaternary nitrogens is 1. The molecule has 0 saturated carbocycles. The van der Waals surface area contributed by atoms with Crippen molar-refractivity contribution in [2.75, 3.05) is 19.0 Å². The van der Waals surface area contributed by atoms with Crippen LogP contribution < -0.4 is 5.43 Å². The number of carbonyl (C=O) groups is 1. The Labute approximate surface area is 120 Å². The number of benzene rings is 1. The molecular formula is C15H22ClN2O+. The maximum atomic E-state index is 12.0. The van der Waals surface area contributed by atoms with Gasteiger partial charge in [-0.15, -0.1) is 11.6 Å². The van der Waals surface area contributed by atoms with E-state index in [1.807, 2.05) is 6.07 Å². The highest BCUT2D eigenvalue weighted by Gasteiger charge is 2.34. The van der Waals surface area contributed by atoms with E-state index in [0.717, 1.165) is 26.1 Å². The fraction of sp³-hybridized carbons (Fsp3) is 0.533. The van der Waals surface area contributed by atoms with Gasteiger partial charge in [-0.05, 0) is 6.42 Å². The van der Waals surface area contributed by atoms with Crippen LogP contribution in [0.15, 0.2) is 30.3 Å². The zero-order chi connectivity index (χ0) is 13.6. The Morgan fingerprint density at radius 2 is 1.89 bits per heavy atom. The molecule has 0 spiro atoms. The molecule has 1 saturated heterocycles. The molecule has 19 heavy (non-hydrogen) atoms. The lowest BCUT2D eigenvalue weighted by Crippen LogP contribution is -2.57. The second-order valence-electron chi connectivity index (χ2n) is 5.27. The van der Waals surface area contributed by atoms with Crippen molar-refractivity contribution in [1.29, 1.82) is 0 Å². The first-order valence-corrected chi connectivity index (χ1v) is 7.55. The molecule has 0 aromatic heterocycles. The third-order valence-electron chi connectivity index (χ3n) is 3.65. The van der Waals surface area contributed by atoms with Crippen LogP contribution in [-0.4, -0.2) is 29.5 Å². The average Bonchev–Trinajstić information content (AvgIpc) is 2.85. The largest absolute Gasteiger partial charge is 0.270 e. The smallest absolute Gasteiger partial charge is 0.265 e. The minimum absolute atomic E-state index is 0.124. The van der Waals surface area contributed by atoms with Crippen molar-refractivity contribution in [3.05, 3.63) is 35.9 Å². The van der Waals surface area contributed by atoms with E-state index in [0.29, 0.717) is 16.9 Å². The fourth-order valence-corrected chi connectivity index (χ4v) is 2.86. The van der Waals surface area contributed by atoms with Gasteiger partial charge in [-0.3, -0.25) is 4.79 Å². The van der Waals surface area contributed by atoms with Crippen molar-refractivity contribution in [1.82, 2.24) is 5.43 Å². The second-order valence-corrected chi connectivity index (χ2v) is 5.65. The molecule has 1 N–H and O–H groups in total. The van der Waals surface area contributed by atoms with Gasteiger partial charge in [0.25, 0.3) is 5.91 Å². The van der Waals surface area contributed by atoms with Crippen molar-refractivity contribution in [3.63, 3.8) is 0 Å². The Hall–Kier alpha value is -1.06. The molecule has 0 bridgehead atoms. The number of hydrogen-bond donors (Lipinski definition) is 1. The summed E-state index contributed by atoms with van der Waals surface area (Å²) in [6.07, 6.45) is 3.64. The summed E-state index contributed by atoms with van der Waals surface area (Å²) in [4.78, 5) is 12.0. The maximum absolute atomic E-state index is 12.0. The number of alkyl halides is 1. The van der Waals surface area contributed by atoms with E-state index in [-0.39, 0.29) is 5.91 Å². The van der Waals surface area contributed by atoms with Crippen LogP contribution in [0.5, 0.6) is 0 Å². The molecule has 0 unspecified atom stereocenters. The first kappa shape index (κ1) is 14.4. The molecule has 1 fully saturated rings. The number of hydrogen-bond acceptors (Lipinski definition) is 1. The standard InChI is InChI=1S/C15H21ClN2O/c16-10-6-9-15(19)17-18(11-4-5-12-18)13-14-7-2-1-3-8-14/h1-3,7-8H,4-6,9-13H2/p+1. The number of nitrogens with zero attached hydrogens (tertiary/aromatic N) is 1. The van der Waals surface area contributed by atoms with Crippen LogP contribution in [0, 0.1) is 0 Å². The fourth-order valence-electron chi connectivity index (χ4n) is 2.73. The first-order valence-electron chi connectivity index (χ1n) is 7.01. The van der Waals surface area contributed by atoms with Crippen LogP contribution in [-0.2, 0) is 11.3 Å². The predicted molar refractivity (Wildman–Crippen MR) is 77.5 cm³/mol. The highest BCUT2D eigenvalue weighted by molar-refractivity contribution is 6.17. The number of likely N-dealkylation sites (tertiary alicyclic amines) is 1. The summed E-state index contributed by atoms with van der Waals surface area (Å²) in [5.74, 6) is 0.671. The van der Waals surface area contributed by atoms with Gasteiger partial charge in [0, 0.05) is 30.7 Å². The minimum atomic E-state index is 0.124. The van der Waals surface area contributed by atoms with Gasteiger partial charge in [0.15, 0.2) is 0 Å². The normalized spacial score (nSPS) is 17.3. The predicted octanol–water partition coefficient (Wildman–Crippen LogP) is 2.85. The lowest BCUT2D eigenvalue weighted by Gasteiger charge is -2.33. The Kier molecular flexibility index (Phi) is 5.23. The first-order chi connectivity index (χ1) is 9.24. The van der Waals surface area contributed by atoms with Gasteiger partial charge in [-0.25, -0.2) is 10.0 Å². The van der Waals surface area contributed by atoms with Crippen molar-refractivity contribution in [2.45, 2.75) is 32.2 Å². The lowest BCUT2D eigenvalue weighted by atomic mass is 10.2. The summed E-state index contributed by atoms with van der Waals surface area (Å²) in [6.45, 7) is 2.94. The SMILES string of the molecule is O=C(CCCCl)N[N+]1(Cc2ccccc2)CCCC1. The molecular weight excluding hydrogens is 260 g/mol. The molecule has 3 nitrogen and oxygen atoms in total. The van der Waals surface area contributed by atoms with E-state index in [1.54, 1.807) is 0 Å². The zero-order valence-electron chi connectivity index (χ0n) is 11.3. The van der Waals surface area contributed by atoms with Crippen molar-refractivity contribution in [2.24, 2.45) is 0 Å². The number of halogens is 1. The van der Waals surface area contributed by atoms with Crippen LogP contribution in [0.1, 0.15) is 31.2 Å². The molecule has 4 heteroatoms. The molecule has 104 valence electrons. The third kappa shape index (κ3) is 4.22. The van der Waals surface area contributed by atoms with E-state index in [9.17, 15) is 4.79 Å². The van der Waals surface area contributed by atoms with Crippen LogP contribution in [0.4, 0.5) is 0 Å². The summed E-state index contributed by atoms with van der Waals surface area (Å²) in [7, 11) is 0. The van der Waals surface area contributed by atoms with Crippen molar-refractivity contribution in [3.8, 4) is 0 Å². The van der Waals surface area contributed by atoms with E-state index in [4.69, 9.17) is 11.6 Å². The number of rotatable bonds is 6. The van der Waals surface area contributed by atoms with E-state index in [2.05, 4.69) is 29.7 Å². The van der Waals surface area contributed by atoms with Gasteiger partial charge in [0.1, 0.15) is 19.6 Å². The summed E-state index contributed by atoms with van der Waals surface area (Å²) in [6, 6.07) is 10.4. The zero-order valence-corrected chi connectivity index (χ0v) is 12.0. The Morgan fingerprint density at radius 1 is 1.21 bits per heavy atom. The monoisotopic (exact) mass is 281 g/mol. The Balaban J connectivity index is 1.99. The lowest BCUT2D eigenvalue weighted by molar-refractivity contribution is -0.963. The maximum Gasteiger partial charge on any atom is 0.265 e. The van der Waals surface area contributed by atoms with E-state index in [1.165, 1.54) is 18.4 Å². The summed E-state index contributed by atoms with van der Waals surface area (Å²) in [5.41, 5.74) is 4.50. The van der Waals surface area contributed by atoms with Crippen molar-refractivity contribution >= 4 is 17.5 Å². The van der Waals surface area contributed by atoms with Crippen molar-refractivity contribution < 1.29 is 9.39 Å². The molecule has 0 radical (unpaired) electrons. The summed E-state index contributed by atoms with van der Waals surface area (Å²) in [5, 5.41) is 0. The molecule has 1 aliphatic rings. The van der Waals surface area contributed by atoms with E-state index >= 15 is 0 Å². The number of amides is 1. The summed E-state index contributed by atoms with van der Waals surface area (Å²) >= 11 is 5.64. The van der Waals surface area contributed by atoms with Crippen LogP contribution in [0.3, 0.4) is 0 Å². The minimum Gasteiger partial charge on any atom is -0.270 e. The molecule has 1 aromatic rings. The van der Waals surface area contributed by atoms with Crippen LogP contribution in [0.25, 0.3) is 0 Å². The Morgan fingerprint density at radius 3 is 2.53 bits per heavy atom. The van der Waals surface area contributed by atoms with Gasteiger partial charge in [0.05, 0.1) is 0 Å². The molecule has 1 aliphatic heterocycles. The second kappa shape index (κ2) is 6.92. The number of carbonyl (C=O) groups excluding carboxylic acids is 1. The van der Waals surface area contributed by atoms with Gasteiger partial charge < -0.3 is 0 Å². The number of nitrogens with one attached hydrogen (secondary N) is 1.